The van der Waals surface area contributed by atoms with E-state index in [0.29, 0.717) is 0 Å². The van der Waals surface area contributed by atoms with Gasteiger partial charge in [-0.05, 0) is 51.9 Å². The van der Waals surface area contributed by atoms with Crippen LogP contribution in [-0.2, 0) is 10.8 Å². The predicted molar refractivity (Wildman–Crippen MR) is 139 cm³/mol. The van der Waals surface area contributed by atoms with Crippen molar-refractivity contribution in [3.8, 4) is 11.1 Å². The summed E-state index contributed by atoms with van der Waals surface area (Å²) in [6.45, 7) is 11.3. The fourth-order valence-electron chi connectivity index (χ4n) is 4.13. The highest BCUT2D eigenvalue weighted by Gasteiger charge is 2.24. The third-order valence-electron chi connectivity index (χ3n) is 6.35. The van der Waals surface area contributed by atoms with Gasteiger partial charge >= 0.3 is 0 Å². The molecule has 0 aliphatic carbocycles. The number of benzene rings is 4. The van der Waals surface area contributed by atoms with Crippen molar-refractivity contribution < 1.29 is 0 Å². The number of nitrogens with one attached hydrogen (secondary N) is 1. The molecule has 32 heavy (non-hydrogen) atoms. The van der Waals surface area contributed by atoms with Crippen LogP contribution in [0.25, 0.3) is 11.1 Å². The molecule has 0 heterocycles. The largest absolute Gasteiger partial charge is 0.355 e. The van der Waals surface area contributed by atoms with Gasteiger partial charge in [-0.2, -0.15) is 0 Å². The Balaban J connectivity index is 1.75. The summed E-state index contributed by atoms with van der Waals surface area (Å²) < 4.78 is 0. The second-order valence-electron chi connectivity index (χ2n) is 10.1. The third-order valence-corrected chi connectivity index (χ3v) is 6.35. The quantitative estimate of drug-likeness (QED) is 0.341. The van der Waals surface area contributed by atoms with Crippen LogP contribution in [0, 0.1) is 0 Å². The van der Waals surface area contributed by atoms with E-state index in [1.807, 2.05) is 0 Å². The first-order valence-corrected chi connectivity index (χ1v) is 11.4. The average molecular weight is 420 g/mol. The Morgan fingerprint density at radius 1 is 0.531 bits per heavy atom. The maximum atomic E-state index is 3.67. The molecule has 0 saturated heterocycles. The fraction of sp³-hybridized carbons (Fsp3) is 0.226. The molecule has 0 aromatic heterocycles. The summed E-state index contributed by atoms with van der Waals surface area (Å²) in [7, 11) is 0. The van der Waals surface area contributed by atoms with Crippen LogP contribution < -0.4 is 5.32 Å². The summed E-state index contributed by atoms with van der Waals surface area (Å²) in [5.74, 6) is 0. The zero-order chi connectivity index (χ0) is 22.8. The minimum atomic E-state index is -0.0856. The molecule has 162 valence electrons. The molecule has 1 heteroatoms. The summed E-state index contributed by atoms with van der Waals surface area (Å²) in [5, 5.41) is 3.67. The maximum absolute atomic E-state index is 3.67. The van der Waals surface area contributed by atoms with Gasteiger partial charge in [-0.3, -0.25) is 0 Å². The van der Waals surface area contributed by atoms with Gasteiger partial charge in [0.25, 0.3) is 0 Å². The fourth-order valence-corrected chi connectivity index (χ4v) is 4.13. The summed E-state index contributed by atoms with van der Waals surface area (Å²) in [6.07, 6.45) is 0. The highest BCUT2D eigenvalue weighted by molar-refractivity contribution is 5.82. The zero-order valence-electron chi connectivity index (χ0n) is 19.8. The van der Waals surface area contributed by atoms with Crippen molar-refractivity contribution in [2.75, 3.05) is 5.32 Å². The van der Waals surface area contributed by atoms with Gasteiger partial charge in [-0.15, -0.1) is 0 Å². The molecule has 4 aromatic carbocycles. The van der Waals surface area contributed by atoms with Crippen molar-refractivity contribution in [1.29, 1.82) is 0 Å². The topological polar surface area (TPSA) is 12.0 Å². The summed E-state index contributed by atoms with van der Waals surface area (Å²) in [4.78, 5) is 0. The molecular weight excluding hydrogens is 386 g/mol. The van der Waals surface area contributed by atoms with Gasteiger partial charge in [-0.25, -0.2) is 0 Å². The van der Waals surface area contributed by atoms with Gasteiger partial charge in [0.2, 0.25) is 0 Å². The van der Waals surface area contributed by atoms with Gasteiger partial charge in [0, 0.05) is 22.4 Å². The Morgan fingerprint density at radius 3 is 1.69 bits per heavy atom. The van der Waals surface area contributed by atoms with Crippen LogP contribution in [0.4, 0.5) is 11.4 Å². The van der Waals surface area contributed by atoms with Crippen LogP contribution in [0.5, 0.6) is 0 Å². The van der Waals surface area contributed by atoms with Crippen LogP contribution in [0.2, 0.25) is 0 Å². The Bertz CT molecular complexity index is 1160. The van der Waals surface area contributed by atoms with Gasteiger partial charge in [-0.1, -0.05) is 113 Å². The second kappa shape index (κ2) is 8.67. The molecular formula is C31H33N. The lowest BCUT2D eigenvalue weighted by Gasteiger charge is -2.27. The van der Waals surface area contributed by atoms with Gasteiger partial charge in [0.05, 0.1) is 0 Å². The first-order chi connectivity index (χ1) is 15.2. The van der Waals surface area contributed by atoms with E-state index in [0.717, 1.165) is 11.4 Å². The third kappa shape index (κ3) is 4.62. The van der Waals surface area contributed by atoms with Crippen molar-refractivity contribution in [1.82, 2.24) is 0 Å². The summed E-state index contributed by atoms with van der Waals surface area (Å²) in [5.41, 5.74) is 8.67. The average Bonchev–Trinajstić information content (AvgIpc) is 2.80. The number of anilines is 2. The summed E-state index contributed by atoms with van der Waals surface area (Å²) >= 11 is 0. The molecule has 0 radical (unpaired) electrons. The van der Waals surface area contributed by atoms with Gasteiger partial charge < -0.3 is 5.32 Å². The van der Waals surface area contributed by atoms with Crippen molar-refractivity contribution in [2.24, 2.45) is 0 Å². The standard InChI is InChI=1S/C31H33N/c1-30(2,3)24-16-19-27(20-17-24)32-29-21-18-26(22-28(29)23-12-8-6-9-13-23)31(4,5)25-14-10-7-11-15-25/h6-22,32H,1-5H3. The van der Waals surface area contributed by atoms with E-state index in [1.165, 1.54) is 27.8 Å². The number of hydrogen-bond donors (Lipinski definition) is 1. The van der Waals surface area contributed by atoms with Gasteiger partial charge in [0.15, 0.2) is 0 Å². The predicted octanol–water partition coefficient (Wildman–Crippen LogP) is 8.72. The molecule has 4 rings (SSSR count). The summed E-state index contributed by atoms with van der Waals surface area (Å²) in [6, 6.07) is 37.0. The number of hydrogen-bond acceptors (Lipinski definition) is 1. The Kier molecular flexibility index (Phi) is 5.93. The molecule has 1 N–H and O–H groups in total. The van der Waals surface area contributed by atoms with Crippen LogP contribution in [0.1, 0.15) is 51.3 Å². The first kappa shape index (κ1) is 21.9. The lowest BCUT2D eigenvalue weighted by molar-refractivity contribution is 0.590. The molecule has 0 amide bonds. The SMILES string of the molecule is CC(C)(C)c1ccc(Nc2ccc(C(C)(C)c3ccccc3)cc2-c2ccccc2)cc1. The minimum absolute atomic E-state index is 0.0856. The second-order valence-corrected chi connectivity index (χ2v) is 10.1. The monoisotopic (exact) mass is 419 g/mol. The first-order valence-electron chi connectivity index (χ1n) is 11.4. The molecule has 1 nitrogen and oxygen atoms in total. The highest BCUT2D eigenvalue weighted by atomic mass is 14.9. The smallest absolute Gasteiger partial charge is 0.0464 e. The molecule has 0 bridgehead atoms. The lowest BCUT2D eigenvalue weighted by Crippen LogP contribution is -2.19. The van der Waals surface area contributed by atoms with E-state index in [1.54, 1.807) is 0 Å². The molecule has 0 aliphatic heterocycles. The molecule has 0 unspecified atom stereocenters. The van der Waals surface area contributed by atoms with Gasteiger partial charge in [0.1, 0.15) is 0 Å². The van der Waals surface area contributed by atoms with Crippen LogP contribution in [0.15, 0.2) is 103 Å². The highest BCUT2D eigenvalue weighted by Crippen LogP contribution is 2.38. The number of rotatable bonds is 5. The van der Waals surface area contributed by atoms with E-state index < -0.39 is 0 Å². The maximum Gasteiger partial charge on any atom is 0.0464 e. The van der Waals surface area contributed by atoms with E-state index in [9.17, 15) is 0 Å². The van der Waals surface area contributed by atoms with E-state index in [-0.39, 0.29) is 10.8 Å². The van der Waals surface area contributed by atoms with E-state index >= 15 is 0 Å². The molecule has 0 aliphatic rings. The Labute approximate surface area is 193 Å². The molecule has 0 atom stereocenters. The molecule has 0 saturated carbocycles. The molecule has 4 aromatic rings. The normalized spacial score (nSPS) is 11.9. The van der Waals surface area contributed by atoms with Crippen LogP contribution in [0.3, 0.4) is 0 Å². The van der Waals surface area contributed by atoms with Crippen LogP contribution in [-0.4, -0.2) is 0 Å². The van der Waals surface area contributed by atoms with Crippen molar-refractivity contribution in [2.45, 2.75) is 45.4 Å². The molecule has 0 fully saturated rings. The van der Waals surface area contributed by atoms with E-state index in [2.05, 4.69) is 143 Å². The van der Waals surface area contributed by atoms with Crippen molar-refractivity contribution >= 4 is 11.4 Å². The van der Waals surface area contributed by atoms with Crippen molar-refractivity contribution in [3.05, 3.63) is 120 Å². The Hall–Kier alpha value is -3.32. The van der Waals surface area contributed by atoms with Crippen LogP contribution >= 0.6 is 0 Å². The van der Waals surface area contributed by atoms with E-state index in [4.69, 9.17) is 0 Å². The minimum Gasteiger partial charge on any atom is -0.355 e. The Morgan fingerprint density at radius 2 is 1.09 bits per heavy atom. The zero-order valence-corrected chi connectivity index (χ0v) is 19.8. The lowest BCUT2D eigenvalue weighted by atomic mass is 9.77. The molecule has 0 spiro atoms. The van der Waals surface area contributed by atoms with Crippen molar-refractivity contribution in [3.63, 3.8) is 0 Å².